The van der Waals surface area contributed by atoms with Crippen molar-refractivity contribution in [1.29, 1.82) is 0 Å². The Morgan fingerprint density at radius 1 is 1.26 bits per heavy atom. The molecule has 0 aromatic heterocycles. The molecule has 19 heavy (non-hydrogen) atoms. The molecule has 2 saturated heterocycles. The van der Waals surface area contributed by atoms with Crippen molar-refractivity contribution in [1.82, 2.24) is 4.90 Å². The van der Waals surface area contributed by atoms with Gasteiger partial charge in [0.05, 0.1) is 0 Å². The summed E-state index contributed by atoms with van der Waals surface area (Å²) in [4.78, 5) is 2.70. The largest absolute Gasteiger partial charge is 0.487 e. The number of fused-ring (bicyclic) bond motifs is 2. The van der Waals surface area contributed by atoms with Crippen LogP contribution in [-0.4, -0.2) is 29.6 Å². The van der Waals surface area contributed by atoms with Crippen LogP contribution in [0.3, 0.4) is 0 Å². The fraction of sp³-hybridized carbons (Fsp3) is 0.647. The van der Waals surface area contributed by atoms with E-state index in [1.165, 1.54) is 56.3 Å². The van der Waals surface area contributed by atoms with Crippen LogP contribution in [0, 0.1) is 6.92 Å². The molecule has 2 heteroatoms. The van der Waals surface area contributed by atoms with Crippen LogP contribution in [0.1, 0.15) is 43.2 Å². The van der Waals surface area contributed by atoms with Gasteiger partial charge in [-0.3, -0.25) is 0 Å². The lowest BCUT2D eigenvalue weighted by molar-refractivity contribution is -0.0249. The molecule has 2 unspecified atom stereocenters. The highest BCUT2D eigenvalue weighted by Gasteiger charge is 2.45. The van der Waals surface area contributed by atoms with Crippen molar-refractivity contribution in [2.24, 2.45) is 0 Å². The molecule has 2 atom stereocenters. The van der Waals surface area contributed by atoms with Gasteiger partial charge in [0.15, 0.2) is 0 Å². The smallest absolute Gasteiger partial charge is 0.123 e. The average molecular weight is 257 g/mol. The van der Waals surface area contributed by atoms with Crippen LogP contribution < -0.4 is 4.74 Å². The van der Waals surface area contributed by atoms with Gasteiger partial charge < -0.3 is 9.64 Å². The van der Waals surface area contributed by atoms with E-state index in [0.717, 1.165) is 18.2 Å². The molecule has 0 saturated carbocycles. The number of aryl methyl sites for hydroxylation is 1. The van der Waals surface area contributed by atoms with Crippen LogP contribution in [-0.2, 0) is 6.42 Å². The van der Waals surface area contributed by atoms with Crippen LogP contribution in [0.4, 0.5) is 0 Å². The number of rotatable bonds is 0. The summed E-state index contributed by atoms with van der Waals surface area (Å²) in [6.07, 6.45) is 7.75. The zero-order chi connectivity index (χ0) is 12.9. The van der Waals surface area contributed by atoms with Crippen molar-refractivity contribution in [3.8, 4) is 5.75 Å². The Kier molecular flexibility index (Phi) is 2.63. The summed E-state index contributed by atoms with van der Waals surface area (Å²) in [6.45, 7) is 4.72. The second kappa shape index (κ2) is 4.24. The van der Waals surface area contributed by atoms with Gasteiger partial charge in [-0.2, -0.15) is 0 Å². The number of benzene rings is 1. The van der Waals surface area contributed by atoms with Crippen LogP contribution in [0.2, 0.25) is 0 Å². The topological polar surface area (TPSA) is 12.5 Å². The maximum atomic E-state index is 6.41. The predicted octanol–water partition coefficient (Wildman–Crippen LogP) is 3.32. The Labute approximate surface area is 115 Å². The first-order chi connectivity index (χ1) is 9.24. The van der Waals surface area contributed by atoms with Gasteiger partial charge in [-0.05, 0) is 37.9 Å². The van der Waals surface area contributed by atoms with Gasteiger partial charge in [0.2, 0.25) is 0 Å². The van der Waals surface area contributed by atoms with Gasteiger partial charge in [-0.15, -0.1) is 0 Å². The van der Waals surface area contributed by atoms with E-state index in [-0.39, 0.29) is 5.60 Å². The van der Waals surface area contributed by atoms with Crippen molar-refractivity contribution in [3.63, 3.8) is 0 Å². The quantitative estimate of drug-likeness (QED) is 0.707. The summed E-state index contributed by atoms with van der Waals surface area (Å²) in [6, 6.07) is 7.44. The zero-order valence-electron chi connectivity index (χ0n) is 11.8. The summed E-state index contributed by atoms with van der Waals surface area (Å²) in [5, 5.41) is 0. The van der Waals surface area contributed by atoms with Gasteiger partial charge in [-0.1, -0.05) is 24.1 Å². The number of ether oxygens (including phenoxy) is 1. The van der Waals surface area contributed by atoms with Crippen LogP contribution in [0.15, 0.2) is 18.2 Å². The van der Waals surface area contributed by atoms with Crippen molar-refractivity contribution in [2.45, 2.75) is 57.1 Å². The maximum Gasteiger partial charge on any atom is 0.123 e. The highest BCUT2D eigenvalue weighted by Crippen LogP contribution is 2.44. The molecule has 3 heterocycles. The van der Waals surface area contributed by atoms with Crippen LogP contribution >= 0.6 is 0 Å². The molecule has 0 N–H and O–H groups in total. The summed E-state index contributed by atoms with van der Waals surface area (Å²) in [5.74, 6) is 1.15. The summed E-state index contributed by atoms with van der Waals surface area (Å²) < 4.78 is 6.41. The minimum Gasteiger partial charge on any atom is -0.487 e. The van der Waals surface area contributed by atoms with E-state index in [9.17, 15) is 0 Å². The van der Waals surface area contributed by atoms with E-state index in [1.54, 1.807) is 0 Å². The molecule has 1 aromatic rings. The molecule has 3 aliphatic rings. The fourth-order valence-corrected chi connectivity index (χ4v) is 4.28. The molecule has 4 rings (SSSR count). The van der Waals surface area contributed by atoms with Gasteiger partial charge in [0, 0.05) is 31.8 Å². The monoisotopic (exact) mass is 257 g/mol. The number of nitrogens with zero attached hydrogens (tertiary/aromatic N) is 1. The van der Waals surface area contributed by atoms with Gasteiger partial charge in [0.1, 0.15) is 11.4 Å². The Hall–Kier alpha value is -1.02. The van der Waals surface area contributed by atoms with Gasteiger partial charge >= 0.3 is 0 Å². The van der Waals surface area contributed by atoms with E-state index in [1.807, 2.05) is 0 Å². The standard InChI is InChI=1S/C17H23NO/c1-13-5-6-16-14(10-13)11-17(19-16)7-9-18-8-3-2-4-15(18)12-17/h5-6,10,15H,2-4,7-9,11-12H2,1H3. The second-order valence-corrected chi connectivity index (χ2v) is 6.71. The SMILES string of the molecule is Cc1ccc2c(c1)CC1(CCN3CCCCC3C1)O2. The average Bonchev–Trinajstić information content (AvgIpc) is 2.75. The lowest BCUT2D eigenvalue weighted by atomic mass is 9.80. The highest BCUT2D eigenvalue weighted by atomic mass is 16.5. The summed E-state index contributed by atoms with van der Waals surface area (Å²) in [7, 11) is 0. The Morgan fingerprint density at radius 2 is 2.21 bits per heavy atom. The zero-order valence-corrected chi connectivity index (χ0v) is 11.8. The van der Waals surface area contributed by atoms with Crippen LogP contribution in [0.5, 0.6) is 5.75 Å². The van der Waals surface area contributed by atoms with Crippen molar-refractivity contribution < 1.29 is 4.74 Å². The molecule has 0 aliphatic carbocycles. The summed E-state index contributed by atoms with van der Waals surface area (Å²) >= 11 is 0. The van der Waals surface area contributed by atoms with Gasteiger partial charge in [0.25, 0.3) is 0 Å². The van der Waals surface area contributed by atoms with Crippen molar-refractivity contribution in [2.75, 3.05) is 13.1 Å². The first-order valence-corrected chi connectivity index (χ1v) is 7.77. The molecule has 0 amide bonds. The third-order valence-corrected chi connectivity index (χ3v) is 5.27. The van der Waals surface area contributed by atoms with E-state index in [4.69, 9.17) is 4.74 Å². The van der Waals surface area contributed by atoms with E-state index in [2.05, 4.69) is 30.0 Å². The predicted molar refractivity (Wildman–Crippen MR) is 76.7 cm³/mol. The highest BCUT2D eigenvalue weighted by molar-refractivity contribution is 5.42. The molecule has 2 nitrogen and oxygen atoms in total. The minimum absolute atomic E-state index is 0.120. The molecule has 2 fully saturated rings. The van der Waals surface area contributed by atoms with E-state index in [0.29, 0.717) is 0 Å². The normalized spacial score (nSPS) is 33.8. The Morgan fingerprint density at radius 3 is 3.16 bits per heavy atom. The molecule has 102 valence electrons. The van der Waals surface area contributed by atoms with Gasteiger partial charge in [-0.25, -0.2) is 0 Å². The Bertz CT molecular complexity index is 498. The second-order valence-electron chi connectivity index (χ2n) is 6.71. The Balaban J connectivity index is 1.57. The third-order valence-electron chi connectivity index (χ3n) is 5.27. The molecule has 1 aromatic carbocycles. The molecule has 1 spiro atoms. The lowest BCUT2D eigenvalue weighted by Crippen LogP contribution is -2.54. The van der Waals surface area contributed by atoms with Crippen molar-refractivity contribution >= 4 is 0 Å². The van der Waals surface area contributed by atoms with Crippen molar-refractivity contribution in [3.05, 3.63) is 29.3 Å². The number of piperidine rings is 2. The first-order valence-electron chi connectivity index (χ1n) is 7.77. The summed E-state index contributed by atoms with van der Waals surface area (Å²) in [5.41, 5.74) is 2.91. The number of hydrogen-bond acceptors (Lipinski definition) is 2. The maximum absolute atomic E-state index is 6.41. The van der Waals surface area contributed by atoms with Crippen LogP contribution in [0.25, 0.3) is 0 Å². The molecule has 0 radical (unpaired) electrons. The van der Waals surface area contributed by atoms with E-state index < -0.39 is 0 Å². The fourth-order valence-electron chi connectivity index (χ4n) is 4.28. The van der Waals surface area contributed by atoms with E-state index >= 15 is 0 Å². The lowest BCUT2D eigenvalue weighted by Gasteiger charge is -2.46. The first kappa shape index (κ1) is 11.8. The molecule has 3 aliphatic heterocycles. The molecular formula is C17H23NO. The molecule has 0 bridgehead atoms. The number of hydrogen-bond donors (Lipinski definition) is 0. The third kappa shape index (κ3) is 1.97. The minimum atomic E-state index is 0.120. The molecular weight excluding hydrogens is 234 g/mol.